The molecule has 0 saturated carbocycles. The molecule has 14 heavy (non-hydrogen) atoms. The quantitative estimate of drug-likeness (QED) is 0.853. The minimum absolute atomic E-state index is 0. The molecule has 1 fully saturated rings. The molecule has 0 radical (unpaired) electrons. The smallest absolute Gasteiger partial charge is 0.141 e. The van der Waals surface area contributed by atoms with Gasteiger partial charge in [-0.3, -0.25) is 0 Å². The molecule has 0 aromatic heterocycles. The van der Waals surface area contributed by atoms with Gasteiger partial charge in [-0.25, -0.2) is 4.39 Å². The van der Waals surface area contributed by atoms with Crippen LogP contribution in [0.1, 0.15) is 0 Å². The number of hydrogen-bond acceptors (Lipinski definition) is 2. The summed E-state index contributed by atoms with van der Waals surface area (Å²) in [6.07, 6.45) is 0.124. The van der Waals surface area contributed by atoms with E-state index in [-0.39, 0.29) is 24.3 Å². The zero-order chi connectivity index (χ0) is 9.26. The van der Waals surface area contributed by atoms with Gasteiger partial charge in [-0.2, -0.15) is 0 Å². The molecule has 1 saturated heterocycles. The lowest BCUT2D eigenvalue weighted by atomic mass is 10.2. The highest BCUT2D eigenvalue weighted by atomic mass is 35.5. The Morgan fingerprint density at radius 2 is 2.14 bits per heavy atom. The van der Waals surface area contributed by atoms with Gasteiger partial charge in [-0.15, -0.1) is 12.4 Å². The van der Waals surface area contributed by atoms with Crippen molar-refractivity contribution in [2.75, 3.05) is 13.1 Å². The Balaban J connectivity index is 0.000000980. The van der Waals surface area contributed by atoms with E-state index in [2.05, 4.69) is 5.32 Å². The van der Waals surface area contributed by atoms with Crippen LogP contribution in [0.3, 0.4) is 0 Å². The molecule has 2 nitrogen and oxygen atoms in total. The number of benzene rings is 1. The molecular formula is C9H10Cl2FNO. The maximum atomic E-state index is 12.8. The second kappa shape index (κ2) is 4.82. The van der Waals surface area contributed by atoms with Crippen molar-refractivity contribution in [2.45, 2.75) is 6.10 Å². The molecule has 0 atom stereocenters. The molecular weight excluding hydrogens is 228 g/mol. The molecule has 1 aromatic rings. The summed E-state index contributed by atoms with van der Waals surface area (Å²) in [5.74, 6) is 0.0971. The Kier molecular flexibility index (Phi) is 3.98. The Hall–Kier alpha value is -0.510. The first-order valence-corrected chi connectivity index (χ1v) is 4.46. The summed E-state index contributed by atoms with van der Waals surface area (Å²) < 4.78 is 18.2. The van der Waals surface area contributed by atoms with Gasteiger partial charge < -0.3 is 10.1 Å². The van der Waals surface area contributed by atoms with Gasteiger partial charge >= 0.3 is 0 Å². The standard InChI is InChI=1S/C9H9ClFNO.ClH/c10-8-2-1-6(11)3-9(8)13-7-4-12-5-7;/h1-3,7,12H,4-5H2;1H. The number of halogens is 3. The highest BCUT2D eigenvalue weighted by Gasteiger charge is 2.19. The van der Waals surface area contributed by atoms with Crippen molar-refractivity contribution in [3.8, 4) is 5.75 Å². The molecule has 1 N–H and O–H groups in total. The van der Waals surface area contributed by atoms with Crippen LogP contribution in [0.4, 0.5) is 4.39 Å². The first kappa shape index (κ1) is 11.6. The average molecular weight is 238 g/mol. The average Bonchev–Trinajstić information content (AvgIpc) is 2.03. The van der Waals surface area contributed by atoms with E-state index in [0.29, 0.717) is 10.8 Å². The van der Waals surface area contributed by atoms with Crippen molar-refractivity contribution in [2.24, 2.45) is 0 Å². The normalized spacial score (nSPS) is 15.6. The fourth-order valence-electron chi connectivity index (χ4n) is 1.09. The topological polar surface area (TPSA) is 21.3 Å². The van der Waals surface area contributed by atoms with Crippen LogP contribution in [0.25, 0.3) is 0 Å². The van der Waals surface area contributed by atoms with Crippen molar-refractivity contribution >= 4 is 24.0 Å². The van der Waals surface area contributed by atoms with E-state index < -0.39 is 0 Å². The van der Waals surface area contributed by atoms with Crippen molar-refractivity contribution < 1.29 is 9.13 Å². The number of hydrogen-bond donors (Lipinski definition) is 1. The molecule has 1 aliphatic heterocycles. The minimum atomic E-state index is -0.327. The lowest BCUT2D eigenvalue weighted by Crippen LogP contribution is -2.50. The minimum Gasteiger partial charge on any atom is -0.486 e. The van der Waals surface area contributed by atoms with Gasteiger partial charge in [0.25, 0.3) is 0 Å². The molecule has 1 heterocycles. The largest absolute Gasteiger partial charge is 0.486 e. The van der Waals surface area contributed by atoms with Crippen LogP contribution in [0, 0.1) is 5.82 Å². The summed E-state index contributed by atoms with van der Waals surface area (Å²) in [6.45, 7) is 1.60. The highest BCUT2D eigenvalue weighted by Crippen LogP contribution is 2.26. The molecule has 0 amide bonds. The maximum absolute atomic E-state index is 12.8. The first-order valence-electron chi connectivity index (χ1n) is 4.08. The fraction of sp³-hybridized carbons (Fsp3) is 0.333. The highest BCUT2D eigenvalue weighted by molar-refractivity contribution is 6.32. The van der Waals surface area contributed by atoms with Crippen LogP contribution in [0.15, 0.2) is 18.2 Å². The van der Waals surface area contributed by atoms with Crippen molar-refractivity contribution in [1.29, 1.82) is 0 Å². The van der Waals surface area contributed by atoms with Crippen LogP contribution >= 0.6 is 24.0 Å². The summed E-state index contributed by atoms with van der Waals surface area (Å²) in [5.41, 5.74) is 0. The molecule has 5 heteroatoms. The van der Waals surface area contributed by atoms with E-state index in [0.717, 1.165) is 13.1 Å². The van der Waals surface area contributed by atoms with Crippen LogP contribution in [0.2, 0.25) is 5.02 Å². The van der Waals surface area contributed by atoms with E-state index in [1.54, 1.807) is 0 Å². The van der Waals surface area contributed by atoms with Crippen LogP contribution in [-0.2, 0) is 0 Å². The summed E-state index contributed by atoms with van der Waals surface area (Å²) in [6, 6.07) is 4.12. The van der Waals surface area contributed by atoms with Gasteiger partial charge in [0.2, 0.25) is 0 Å². The van der Waals surface area contributed by atoms with Crippen molar-refractivity contribution in [3.05, 3.63) is 29.0 Å². The van der Waals surface area contributed by atoms with Crippen molar-refractivity contribution in [1.82, 2.24) is 5.32 Å². The number of ether oxygens (including phenoxy) is 1. The zero-order valence-electron chi connectivity index (χ0n) is 7.30. The second-order valence-electron chi connectivity index (χ2n) is 2.97. The number of rotatable bonds is 2. The van der Waals surface area contributed by atoms with E-state index in [1.807, 2.05) is 0 Å². The van der Waals surface area contributed by atoms with E-state index in [1.165, 1.54) is 18.2 Å². The summed E-state index contributed by atoms with van der Waals surface area (Å²) in [4.78, 5) is 0. The number of nitrogens with one attached hydrogen (secondary N) is 1. The van der Waals surface area contributed by atoms with Crippen LogP contribution in [-0.4, -0.2) is 19.2 Å². The molecule has 0 spiro atoms. The lowest BCUT2D eigenvalue weighted by Gasteiger charge is -2.28. The third kappa shape index (κ3) is 2.50. The SMILES string of the molecule is Cl.Fc1ccc(Cl)c(OC2CNC2)c1. The van der Waals surface area contributed by atoms with E-state index in [9.17, 15) is 4.39 Å². The van der Waals surface area contributed by atoms with Gasteiger partial charge in [0, 0.05) is 19.2 Å². The zero-order valence-corrected chi connectivity index (χ0v) is 8.87. The third-order valence-electron chi connectivity index (χ3n) is 1.93. The monoisotopic (exact) mass is 237 g/mol. The van der Waals surface area contributed by atoms with Crippen LogP contribution < -0.4 is 10.1 Å². The fourth-order valence-corrected chi connectivity index (χ4v) is 1.25. The van der Waals surface area contributed by atoms with Gasteiger partial charge in [-0.05, 0) is 12.1 Å². The molecule has 1 aromatic carbocycles. The first-order chi connectivity index (χ1) is 6.25. The summed E-state index contributed by atoms with van der Waals surface area (Å²) in [7, 11) is 0. The van der Waals surface area contributed by atoms with E-state index in [4.69, 9.17) is 16.3 Å². The molecule has 2 rings (SSSR count). The van der Waals surface area contributed by atoms with Gasteiger partial charge in [0.1, 0.15) is 17.7 Å². The third-order valence-corrected chi connectivity index (χ3v) is 2.24. The molecule has 78 valence electrons. The Morgan fingerprint density at radius 1 is 1.43 bits per heavy atom. The van der Waals surface area contributed by atoms with Gasteiger partial charge in [0.15, 0.2) is 0 Å². The molecule has 0 unspecified atom stereocenters. The van der Waals surface area contributed by atoms with Crippen molar-refractivity contribution in [3.63, 3.8) is 0 Å². The van der Waals surface area contributed by atoms with Gasteiger partial charge in [0.05, 0.1) is 5.02 Å². The Bertz CT molecular complexity index is 318. The molecule has 0 aliphatic carbocycles. The Morgan fingerprint density at radius 3 is 2.71 bits per heavy atom. The second-order valence-corrected chi connectivity index (χ2v) is 3.38. The predicted octanol–water partition coefficient (Wildman–Crippen LogP) is 2.25. The summed E-state index contributed by atoms with van der Waals surface area (Å²) in [5, 5.41) is 3.51. The predicted molar refractivity (Wildman–Crippen MR) is 55.9 cm³/mol. The summed E-state index contributed by atoms with van der Waals surface area (Å²) >= 11 is 5.81. The molecule has 1 aliphatic rings. The maximum Gasteiger partial charge on any atom is 0.141 e. The van der Waals surface area contributed by atoms with Crippen LogP contribution in [0.5, 0.6) is 5.75 Å². The molecule has 0 bridgehead atoms. The van der Waals surface area contributed by atoms with Gasteiger partial charge in [-0.1, -0.05) is 11.6 Å². The Labute approximate surface area is 92.8 Å². The van der Waals surface area contributed by atoms with E-state index >= 15 is 0 Å². The lowest BCUT2D eigenvalue weighted by molar-refractivity contribution is 0.142.